The van der Waals surface area contributed by atoms with Crippen LogP contribution in [0.15, 0.2) is 27.8 Å². The Kier molecular flexibility index (Phi) is 11.7. The van der Waals surface area contributed by atoms with E-state index in [0.29, 0.717) is 45.8 Å². The first kappa shape index (κ1) is 30.9. The third-order valence-corrected chi connectivity index (χ3v) is 6.34. The van der Waals surface area contributed by atoms with Crippen molar-refractivity contribution in [3.05, 3.63) is 49.4 Å². The molecule has 0 radical (unpaired) electrons. The summed E-state index contributed by atoms with van der Waals surface area (Å²) >= 11 is 0. The number of rotatable bonds is 16. The molecular weight excluding hydrogens is 524 g/mol. The van der Waals surface area contributed by atoms with Crippen LogP contribution in [0.1, 0.15) is 10.4 Å². The Morgan fingerprint density at radius 1 is 0.825 bits per heavy atom. The van der Waals surface area contributed by atoms with Gasteiger partial charge in [-0.2, -0.15) is 0 Å². The standard InChI is InChI=1S/C26H36N6O8/c33-11-7-31(8-12-34)5-3-27-16-18-20(38)15-21(39)25-23(18)30-24-19(37)2-1-17(22(24)29-25)26(40)28-4-6-32(9-13-35)10-14-36/h1-2,15-16,27,29,33-36,38H,3-14H2,(H,28,40). The van der Waals surface area contributed by atoms with E-state index in [2.05, 4.69) is 20.6 Å². The van der Waals surface area contributed by atoms with E-state index in [9.17, 15) is 19.5 Å². The van der Waals surface area contributed by atoms with Crippen molar-refractivity contribution in [1.82, 2.24) is 30.4 Å². The first-order valence-electron chi connectivity index (χ1n) is 13.0. The van der Waals surface area contributed by atoms with Gasteiger partial charge < -0.3 is 41.2 Å². The average molecular weight is 561 g/mol. The molecule has 1 amide bonds. The fourth-order valence-corrected chi connectivity index (χ4v) is 4.32. The molecule has 0 atom stereocenters. The van der Waals surface area contributed by atoms with Crippen LogP contribution in [0.5, 0.6) is 5.75 Å². The number of nitrogens with zero attached hydrogens (tertiary/aromatic N) is 3. The number of amides is 1. The highest BCUT2D eigenvalue weighted by molar-refractivity contribution is 6.06. The maximum atomic E-state index is 13.0. The van der Waals surface area contributed by atoms with E-state index in [4.69, 9.17) is 20.4 Å². The maximum absolute atomic E-state index is 13.0. The van der Waals surface area contributed by atoms with E-state index in [1.165, 1.54) is 18.3 Å². The largest absolute Gasteiger partial charge is 0.507 e. The van der Waals surface area contributed by atoms with Crippen LogP contribution in [-0.2, 0) is 0 Å². The molecule has 1 heterocycles. The molecule has 0 saturated carbocycles. The van der Waals surface area contributed by atoms with E-state index in [1.54, 1.807) is 4.90 Å². The number of hydrogen-bond acceptors (Lipinski definition) is 12. The van der Waals surface area contributed by atoms with Crippen LogP contribution in [0.2, 0.25) is 0 Å². The molecule has 1 aromatic heterocycles. The number of fused-ring (bicyclic) bond motifs is 2. The van der Waals surface area contributed by atoms with Crippen LogP contribution in [0.25, 0.3) is 28.3 Å². The lowest BCUT2D eigenvalue weighted by Gasteiger charge is -2.20. The summed E-state index contributed by atoms with van der Waals surface area (Å²) in [5.74, 6) is -0.852. The molecule has 0 saturated heterocycles. The fourth-order valence-electron chi connectivity index (χ4n) is 4.32. The van der Waals surface area contributed by atoms with Crippen molar-refractivity contribution in [2.75, 3.05) is 78.8 Å². The monoisotopic (exact) mass is 560 g/mol. The summed E-state index contributed by atoms with van der Waals surface area (Å²) in [4.78, 5) is 49.3. The smallest absolute Gasteiger partial charge is 0.253 e. The molecule has 0 bridgehead atoms. The van der Waals surface area contributed by atoms with Crippen molar-refractivity contribution in [2.24, 2.45) is 0 Å². The minimum Gasteiger partial charge on any atom is -0.507 e. The summed E-state index contributed by atoms with van der Waals surface area (Å²) in [5.41, 5.74) is -0.931. The van der Waals surface area contributed by atoms with Gasteiger partial charge in [0.25, 0.3) is 5.91 Å². The number of aromatic amines is 1. The highest BCUT2D eigenvalue weighted by atomic mass is 16.3. The van der Waals surface area contributed by atoms with Crippen molar-refractivity contribution in [3.8, 4) is 5.75 Å². The summed E-state index contributed by atoms with van der Waals surface area (Å²) in [6.07, 6.45) is 1.46. The third-order valence-electron chi connectivity index (χ3n) is 6.34. The van der Waals surface area contributed by atoms with Gasteiger partial charge in [-0.05, 0) is 12.1 Å². The molecule has 0 spiro atoms. The van der Waals surface area contributed by atoms with Gasteiger partial charge in [-0.3, -0.25) is 24.2 Å². The number of benzene rings is 2. The second-order valence-corrected chi connectivity index (χ2v) is 9.03. The number of carbonyl (C=O) groups excluding carboxylic acids is 1. The van der Waals surface area contributed by atoms with Crippen molar-refractivity contribution in [3.63, 3.8) is 0 Å². The quantitative estimate of drug-likeness (QED) is 0.0633. The predicted octanol–water partition coefficient (Wildman–Crippen LogP) is -3.51. The van der Waals surface area contributed by atoms with Gasteiger partial charge in [0.2, 0.25) is 10.9 Å². The van der Waals surface area contributed by atoms with Gasteiger partial charge in [-0.15, -0.1) is 0 Å². The molecule has 0 aliphatic rings. The lowest BCUT2D eigenvalue weighted by atomic mass is 10.1. The zero-order valence-electron chi connectivity index (χ0n) is 22.1. The normalized spacial score (nSPS) is 12.2. The van der Waals surface area contributed by atoms with Crippen LogP contribution in [-0.4, -0.2) is 130 Å². The van der Waals surface area contributed by atoms with Gasteiger partial charge in [0, 0.05) is 64.6 Å². The number of aliphatic hydroxyl groups excluding tert-OH is 4. The molecule has 218 valence electrons. The van der Waals surface area contributed by atoms with Crippen molar-refractivity contribution in [1.29, 1.82) is 0 Å². The molecule has 14 heteroatoms. The molecule has 0 aliphatic carbocycles. The summed E-state index contributed by atoms with van der Waals surface area (Å²) in [7, 11) is 0. The number of aromatic nitrogens is 2. The molecule has 0 fully saturated rings. The van der Waals surface area contributed by atoms with E-state index in [0.717, 1.165) is 6.07 Å². The van der Waals surface area contributed by atoms with Crippen molar-refractivity contribution in [2.45, 2.75) is 0 Å². The highest BCUT2D eigenvalue weighted by Gasteiger charge is 2.17. The number of phenols is 1. The van der Waals surface area contributed by atoms with E-state index >= 15 is 0 Å². The van der Waals surface area contributed by atoms with Gasteiger partial charge in [0.15, 0.2) is 0 Å². The predicted molar refractivity (Wildman–Crippen MR) is 149 cm³/mol. The molecule has 0 aliphatic heterocycles. The summed E-state index contributed by atoms with van der Waals surface area (Å²) in [6.45, 7) is 2.61. The summed E-state index contributed by atoms with van der Waals surface area (Å²) in [5, 5.41) is 53.0. The van der Waals surface area contributed by atoms with Gasteiger partial charge in [0.05, 0.1) is 42.7 Å². The van der Waals surface area contributed by atoms with Gasteiger partial charge >= 0.3 is 0 Å². The molecule has 3 aromatic rings. The molecule has 8 N–H and O–H groups in total. The van der Waals surface area contributed by atoms with Crippen LogP contribution < -0.4 is 26.7 Å². The maximum Gasteiger partial charge on any atom is 0.253 e. The Bertz CT molecular complexity index is 1450. The first-order valence-corrected chi connectivity index (χ1v) is 13.0. The first-order chi connectivity index (χ1) is 19.3. The SMILES string of the molecule is O=C(NCCN(CCO)CCO)c1ccc(=O)c2nc3c(=CNCCN(CCO)CCO)c(O)cc(=O)c3[nH]c12. The number of nitrogens with one attached hydrogen (secondary N) is 3. The topological polar surface area (TPSA) is 212 Å². The Hall–Kier alpha value is -3.66. The lowest BCUT2D eigenvalue weighted by molar-refractivity contribution is 0.0945. The molecule has 3 rings (SSSR count). The minimum absolute atomic E-state index is 0.00254. The number of H-pyrrole nitrogens is 1. The third kappa shape index (κ3) is 7.71. The molecule has 0 unspecified atom stereocenters. The number of aliphatic hydroxyl groups is 4. The minimum atomic E-state index is -0.581. The van der Waals surface area contributed by atoms with Crippen LogP contribution in [0.3, 0.4) is 0 Å². The van der Waals surface area contributed by atoms with Crippen LogP contribution in [0.4, 0.5) is 0 Å². The number of hydrogen-bond donors (Lipinski definition) is 8. The van der Waals surface area contributed by atoms with Gasteiger partial charge in [0.1, 0.15) is 22.3 Å². The van der Waals surface area contributed by atoms with E-state index < -0.39 is 16.8 Å². The summed E-state index contributed by atoms with van der Waals surface area (Å²) in [6, 6.07) is 3.56. The van der Waals surface area contributed by atoms with E-state index in [1.807, 2.05) is 4.90 Å². The molecule has 2 aromatic carbocycles. The van der Waals surface area contributed by atoms with Gasteiger partial charge in [-0.1, -0.05) is 0 Å². The van der Waals surface area contributed by atoms with Crippen molar-refractivity contribution >= 4 is 34.2 Å². The highest BCUT2D eigenvalue weighted by Crippen LogP contribution is 2.15. The number of aromatic hydroxyl groups is 1. The van der Waals surface area contributed by atoms with Crippen molar-refractivity contribution < 1.29 is 30.3 Å². The Morgan fingerprint density at radius 3 is 2.02 bits per heavy atom. The molecule has 14 nitrogen and oxygen atoms in total. The Labute approximate surface area is 229 Å². The lowest BCUT2D eigenvalue weighted by Crippen LogP contribution is -2.38. The van der Waals surface area contributed by atoms with Gasteiger partial charge in [-0.25, -0.2) is 4.98 Å². The summed E-state index contributed by atoms with van der Waals surface area (Å²) < 4.78 is 0. The molecular formula is C26H36N6O8. The second-order valence-electron chi connectivity index (χ2n) is 9.03. The van der Waals surface area contributed by atoms with Crippen LogP contribution >= 0.6 is 0 Å². The average Bonchev–Trinajstić information content (AvgIpc) is 2.92. The molecule has 40 heavy (non-hydrogen) atoms. The Balaban J connectivity index is 1.93. The zero-order valence-corrected chi connectivity index (χ0v) is 22.1. The number of carbonyl (C=O) groups is 1. The second kappa shape index (κ2) is 15.2. The Morgan fingerprint density at radius 2 is 1.43 bits per heavy atom. The number of phenolic OH excluding ortho intramolecular Hbond substituents is 1. The zero-order chi connectivity index (χ0) is 29.1. The fraction of sp³-hybridized carbons (Fsp3) is 0.462. The van der Waals surface area contributed by atoms with E-state index in [-0.39, 0.29) is 71.6 Å². The van der Waals surface area contributed by atoms with Crippen LogP contribution in [0, 0.1) is 0 Å².